The van der Waals surface area contributed by atoms with Gasteiger partial charge in [-0.1, -0.05) is 30.3 Å². The highest BCUT2D eigenvalue weighted by molar-refractivity contribution is 8.00. The lowest BCUT2D eigenvalue weighted by Crippen LogP contribution is -2.64. The molecule has 44 heavy (non-hydrogen) atoms. The molecule has 1 aliphatic rings. The van der Waals surface area contributed by atoms with Crippen molar-refractivity contribution in [2.75, 3.05) is 59.0 Å². The maximum atomic E-state index is 12.9. The third-order valence-electron chi connectivity index (χ3n) is 6.74. The zero-order chi connectivity index (χ0) is 32.5. The second-order valence-electron chi connectivity index (χ2n) is 10.1. The standard InChI is InChI=1S/C29H45N3O11S/c1-18(34)21(30-3)17-44-24(15-22(36)20-7-5-4-6-8-20)28(39)31-9-10-40-11-12-41-13-14-42-29-25(32-19(2)35)27(38)26(37)23(16-33)43-29/h4-8,21,23-27,29-30,33,37-38H,9-17H2,1-3H3,(H,31,39)(H,32,35)/t21?,23?,24?,25?,26-,27?,29+/m0/s1. The van der Waals surface area contributed by atoms with Gasteiger partial charge in [0.25, 0.3) is 0 Å². The molecule has 0 radical (unpaired) electrons. The van der Waals surface area contributed by atoms with Gasteiger partial charge >= 0.3 is 0 Å². The van der Waals surface area contributed by atoms with Gasteiger partial charge in [0.15, 0.2) is 12.1 Å². The van der Waals surface area contributed by atoms with Crippen LogP contribution in [0.1, 0.15) is 30.6 Å². The Kier molecular flexibility index (Phi) is 17.6. The summed E-state index contributed by atoms with van der Waals surface area (Å²) in [5.74, 6) is -0.646. The largest absolute Gasteiger partial charge is 0.394 e. The fraction of sp³-hybridized carbons (Fsp3) is 0.655. The summed E-state index contributed by atoms with van der Waals surface area (Å²) in [6.45, 7) is 3.23. The molecular formula is C29H45N3O11S. The quantitative estimate of drug-likeness (QED) is 0.0679. The number of carbonyl (C=O) groups excluding carboxylic acids is 4. The van der Waals surface area contributed by atoms with E-state index in [1.165, 1.54) is 25.6 Å². The highest BCUT2D eigenvalue weighted by Gasteiger charge is 2.45. The van der Waals surface area contributed by atoms with Gasteiger partial charge < -0.3 is 50.2 Å². The van der Waals surface area contributed by atoms with Crippen molar-refractivity contribution in [2.24, 2.45) is 0 Å². The summed E-state index contributed by atoms with van der Waals surface area (Å²) in [6, 6.07) is 7.27. The van der Waals surface area contributed by atoms with Crippen LogP contribution in [0.2, 0.25) is 0 Å². The van der Waals surface area contributed by atoms with Crippen LogP contribution in [0.5, 0.6) is 0 Å². The van der Waals surface area contributed by atoms with E-state index in [1.54, 1.807) is 31.3 Å². The number of benzene rings is 1. The van der Waals surface area contributed by atoms with E-state index in [0.717, 1.165) is 0 Å². The number of Topliss-reactive ketones (excluding diaryl/α,β-unsaturated/α-hetero) is 2. The number of aliphatic hydroxyl groups is 3. The zero-order valence-corrected chi connectivity index (χ0v) is 26.1. The van der Waals surface area contributed by atoms with Crippen LogP contribution in [0, 0.1) is 0 Å². The van der Waals surface area contributed by atoms with Crippen LogP contribution in [0.15, 0.2) is 30.3 Å². The molecule has 0 saturated carbocycles. The number of likely N-dealkylation sites (N-methyl/N-ethyl adjacent to an activating group) is 1. The third kappa shape index (κ3) is 12.9. The number of ether oxygens (including phenoxy) is 4. The van der Waals surface area contributed by atoms with E-state index in [0.29, 0.717) is 11.3 Å². The van der Waals surface area contributed by atoms with Gasteiger partial charge in [0.05, 0.1) is 50.9 Å². The lowest BCUT2D eigenvalue weighted by Gasteiger charge is -2.42. The van der Waals surface area contributed by atoms with Crippen LogP contribution in [-0.2, 0) is 33.3 Å². The molecule has 248 valence electrons. The fourth-order valence-electron chi connectivity index (χ4n) is 4.27. The smallest absolute Gasteiger partial charge is 0.233 e. The minimum absolute atomic E-state index is 0.0106. The Morgan fingerprint density at radius 2 is 1.64 bits per heavy atom. The van der Waals surface area contributed by atoms with E-state index in [-0.39, 0.29) is 63.5 Å². The molecule has 0 aliphatic carbocycles. The normalized spacial score (nSPS) is 23.0. The molecule has 2 amide bonds. The van der Waals surface area contributed by atoms with Crippen molar-refractivity contribution in [2.45, 2.75) is 62.2 Å². The maximum absolute atomic E-state index is 12.9. The topological polar surface area (TPSA) is 202 Å². The van der Waals surface area contributed by atoms with Crippen molar-refractivity contribution in [3.05, 3.63) is 35.9 Å². The number of carbonyl (C=O) groups is 4. The van der Waals surface area contributed by atoms with E-state index in [9.17, 15) is 34.5 Å². The molecule has 5 unspecified atom stereocenters. The van der Waals surface area contributed by atoms with E-state index in [4.69, 9.17) is 18.9 Å². The SMILES string of the molecule is CNC(CSC(CC(=O)c1ccccc1)C(=O)NCCOCCOCCO[C@@H]1OC(CO)[C@H](O)C(O)C1NC(C)=O)C(C)=O. The molecule has 14 nitrogen and oxygen atoms in total. The van der Waals surface area contributed by atoms with Crippen molar-refractivity contribution in [3.8, 4) is 0 Å². The van der Waals surface area contributed by atoms with Gasteiger partial charge in [-0.25, -0.2) is 0 Å². The van der Waals surface area contributed by atoms with Crippen molar-refractivity contribution < 1.29 is 53.4 Å². The molecule has 6 N–H and O–H groups in total. The summed E-state index contributed by atoms with van der Waals surface area (Å²) in [5.41, 5.74) is 0.515. The minimum atomic E-state index is -1.39. The van der Waals surface area contributed by atoms with Crippen LogP contribution in [0.4, 0.5) is 0 Å². The first kappa shape index (κ1) is 37.7. The zero-order valence-electron chi connectivity index (χ0n) is 25.3. The number of aliphatic hydroxyl groups excluding tert-OH is 3. The maximum Gasteiger partial charge on any atom is 0.233 e. The van der Waals surface area contributed by atoms with Crippen LogP contribution in [0.3, 0.4) is 0 Å². The summed E-state index contributed by atoms with van der Waals surface area (Å²) in [7, 11) is 1.67. The van der Waals surface area contributed by atoms with Gasteiger partial charge in [-0.3, -0.25) is 19.2 Å². The molecule has 1 aliphatic heterocycles. The fourth-order valence-corrected chi connectivity index (χ4v) is 5.60. The number of ketones is 2. The van der Waals surface area contributed by atoms with Crippen LogP contribution < -0.4 is 16.0 Å². The number of hydrogen-bond acceptors (Lipinski definition) is 13. The highest BCUT2D eigenvalue weighted by atomic mass is 32.2. The number of rotatable bonds is 21. The Balaban J connectivity index is 1.69. The third-order valence-corrected chi connectivity index (χ3v) is 8.05. The molecule has 7 atom stereocenters. The van der Waals surface area contributed by atoms with Crippen molar-refractivity contribution in [1.29, 1.82) is 0 Å². The predicted octanol–water partition coefficient (Wildman–Crippen LogP) is -1.35. The number of amides is 2. The van der Waals surface area contributed by atoms with Gasteiger partial charge in [-0.2, -0.15) is 0 Å². The Hall–Kier alpha value is -2.47. The molecule has 1 aromatic rings. The van der Waals surface area contributed by atoms with E-state index >= 15 is 0 Å². The van der Waals surface area contributed by atoms with Crippen molar-refractivity contribution in [1.82, 2.24) is 16.0 Å². The molecular weight excluding hydrogens is 598 g/mol. The lowest BCUT2D eigenvalue weighted by atomic mass is 9.97. The van der Waals surface area contributed by atoms with Crippen LogP contribution in [-0.4, -0.2) is 140 Å². The summed E-state index contributed by atoms with van der Waals surface area (Å²) in [6.07, 6.45) is -4.97. The molecule has 0 bridgehead atoms. The number of thioether (sulfide) groups is 1. The predicted molar refractivity (Wildman–Crippen MR) is 161 cm³/mol. The second-order valence-corrected chi connectivity index (χ2v) is 11.3. The molecule has 0 spiro atoms. The first-order valence-electron chi connectivity index (χ1n) is 14.4. The molecule has 1 saturated heterocycles. The van der Waals surface area contributed by atoms with Gasteiger partial charge in [0, 0.05) is 31.2 Å². The molecule has 2 rings (SSSR count). The first-order valence-corrected chi connectivity index (χ1v) is 15.5. The second kappa shape index (κ2) is 20.5. The van der Waals surface area contributed by atoms with Gasteiger partial charge in [-0.05, 0) is 14.0 Å². The lowest BCUT2D eigenvalue weighted by molar-refractivity contribution is -0.272. The van der Waals surface area contributed by atoms with Crippen LogP contribution >= 0.6 is 11.8 Å². The first-order chi connectivity index (χ1) is 21.1. The molecule has 15 heteroatoms. The minimum Gasteiger partial charge on any atom is -0.394 e. The highest BCUT2D eigenvalue weighted by Crippen LogP contribution is 2.22. The van der Waals surface area contributed by atoms with E-state index in [1.807, 2.05) is 6.07 Å². The molecule has 0 aromatic heterocycles. The Labute approximate surface area is 261 Å². The monoisotopic (exact) mass is 643 g/mol. The summed E-state index contributed by atoms with van der Waals surface area (Å²) in [4.78, 5) is 49.0. The van der Waals surface area contributed by atoms with E-state index < -0.39 is 54.4 Å². The average molecular weight is 644 g/mol. The number of hydrogen-bond donors (Lipinski definition) is 6. The Bertz CT molecular complexity index is 1040. The van der Waals surface area contributed by atoms with E-state index in [2.05, 4.69) is 16.0 Å². The molecule has 1 aromatic carbocycles. The number of nitrogens with one attached hydrogen (secondary N) is 3. The average Bonchev–Trinajstić information content (AvgIpc) is 3.00. The summed E-state index contributed by atoms with van der Waals surface area (Å²) in [5, 5.41) is 37.2. The summed E-state index contributed by atoms with van der Waals surface area (Å²) < 4.78 is 22.0. The Morgan fingerprint density at radius 3 is 2.25 bits per heavy atom. The van der Waals surface area contributed by atoms with Crippen molar-refractivity contribution >= 4 is 35.1 Å². The summed E-state index contributed by atoms with van der Waals surface area (Å²) >= 11 is 1.25. The van der Waals surface area contributed by atoms with Gasteiger partial charge in [0.1, 0.15) is 30.1 Å². The molecule has 1 heterocycles. The van der Waals surface area contributed by atoms with Crippen molar-refractivity contribution in [3.63, 3.8) is 0 Å². The van der Waals surface area contributed by atoms with Gasteiger partial charge in [-0.15, -0.1) is 11.8 Å². The van der Waals surface area contributed by atoms with Crippen LogP contribution in [0.25, 0.3) is 0 Å². The van der Waals surface area contributed by atoms with Gasteiger partial charge in [0.2, 0.25) is 11.8 Å². The Morgan fingerprint density at radius 1 is 0.977 bits per heavy atom. The molecule has 1 fully saturated rings.